The minimum Gasteiger partial charge on any atom is -0.393 e. The summed E-state index contributed by atoms with van der Waals surface area (Å²) in [6.07, 6.45) is 6.64. The summed E-state index contributed by atoms with van der Waals surface area (Å²) < 4.78 is 9.50. The van der Waals surface area contributed by atoms with Crippen LogP contribution in [0.3, 0.4) is 0 Å². The molecule has 0 bridgehead atoms. The smallest absolute Gasteiger partial charge is 0.0785 e. The van der Waals surface area contributed by atoms with Gasteiger partial charge in [-0.1, -0.05) is 25.5 Å². The van der Waals surface area contributed by atoms with E-state index in [1.54, 1.807) is 0 Å². The first-order valence-electron chi connectivity index (χ1n) is 6.65. The maximum Gasteiger partial charge on any atom is 0.0785 e. The first kappa shape index (κ1) is 19.0. The highest BCUT2D eigenvalue weighted by Crippen LogP contribution is 2.23. The van der Waals surface area contributed by atoms with Crippen LogP contribution in [0.4, 0.5) is 4.39 Å². The van der Waals surface area contributed by atoms with Crippen molar-refractivity contribution in [1.29, 1.82) is 0 Å². The fraction of sp³-hybridized carbons (Fsp3) is 0.867. The molecule has 0 saturated carbocycles. The summed E-state index contributed by atoms with van der Waals surface area (Å²) in [4.78, 5) is 0. The minimum atomic E-state index is -0.142. The van der Waals surface area contributed by atoms with Crippen LogP contribution in [0.25, 0.3) is 0 Å². The van der Waals surface area contributed by atoms with Crippen LogP contribution in [-0.4, -0.2) is 18.4 Å². The molecule has 0 rings (SSSR count). The van der Waals surface area contributed by atoms with E-state index in [9.17, 15) is 9.50 Å². The predicted molar refractivity (Wildman–Crippen MR) is 74.9 cm³/mol. The molecule has 0 aromatic heterocycles. The zero-order valence-electron chi connectivity index (χ0n) is 12.5. The van der Waals surface area contributed by atoms with Gasteiger partial charge in [0.1, 0.15) is 0 Å². The lowest BCUT2D eigenvalue weighted by Gasteiger charge is -2.20. The van der Waals surface area contributed by atoms with E-state index in [0.29, 0.717) is 7.18 Å². The van der Waals surface area contributed by atoms with Gasteiger partial charge in [0.15, 0.2) is 0 Å². The van der Waals surface area contributed by atoms with Gasteiger partial charge in [-0.25, -0.2) is 0 Å². The van der Waals surface area contributed by atoms with Gasteiger partial charge in [-0.05, 0) is 58.3 Å². The SMILES string of the molecule is C/C=C(\C)CCC(C)C(C)CCC(C)O.CF. The Morgan fingerprint density at radius 2 is 1.53 bits per heavy atom. The first-order chi connectivity index (χ1) is 7.97. The molecular weight excluding hydrogens is 215 g/mol. The fourth-order valence-corrected chi connectivity index (χ4v) is 1.67. The number of hydrogen-bond acceptors (Lipinski definition) is 1. The van der Waals surface area contributed by atoms with Crippen LogP contribution >= 0.6 is 0 Å². The Morgan fingerprint density at radius 3 is 1.94 bits per heavy atom. The highest BCUT2D eigenvalue weighted by atomic mass is 19.1. The monoisotopic (exact) mass is 246 g/mol. The van der Waals surface area contributed by atoms with Crippen molar-refractivity contribution in [1.82, 2.24) is 0 Å². The number of rotatable bonds is 7. The molecule has 0 aliphatic heterocycles. The third-order valence-corrected chi connectivity index (χ3v) is 3.50. The predicted octanol–water partition coefficient (Wildman–Crippen LogP) is 4.75. The van der Waals surface area contributed by atoms with Crippen LogP contribution in [0, 0.1) is 11.8 Å². The van der Waals surface area contributed by atoms with Gasteiger partial charge < -0.3 is 5.11 Å². The molecule has 0 aromatic carbocycles. The molecule has 0 aliphatic rings. The van der Waals surface area contributed by atoms with Crippen LogP contribution in [0.2, 0.25) is 0 Å². The van der Waals surface area contributed by atoms with E-state index in [4.69, 9.17) is 0 Å². The molecule has 0 amide bonds. The van der Waals surface area contributed by atoms with Crippen molar-refractivity contribution in [3.05, 3.63) is 11.6 Å². The zero-order chi connectivity index (χ0) is 13.8. The summed E-state index contributed by atoms with van der Waals surface area (Å²) in [5.41, 5.74) is 1.49. The van der Waals surface area contributed by atoms with Crippen LogP contribution in [-0.2, 0) is 0 Å². The summed E-state index contributed by atoms with van der Waals surface area (Å²) in [5.74, 6) is 1.49. The number of aliphatic hydroxyl groups excluding tert-OH is 1. The normalized spacial score (nSPS) is 16.8. The highest BCUT2D eigenvalue weighted by Gasteiger charge is 2.12. The van der Waals surface area contributed by atoms with Gasteiger partial charge in [0.25, 0.3) is 0 Å². The average Bonchev–Trinajstić information content (AvgIpc) is 2.34. The molecule has 3 atom stereocenters. The Balaban J connectivity index is 0. The van der Waals surface area contributed by atoms with E-state index >= 15 is 0 Å². The lowest BCUT2D eigenvalue weighted by molar-refractivity contribution is 0.167. The summed E-state index contributed by atoms with van der Waals surface area (Å²) in [6.45, 7) is 10.8. The lowest BCUT2D eigenvalue weighted by atomic mass is 9.86. The van der Waals surface area contributed by atoms with E-state index in [0.717, 1.165) is 24.7 Å². The van der Waals surface area contributed by atoms with Gasteiger partial charge in [0.05, 0.1) is 13.3 Å². The molecular formula is C15H31FO. The minimum absolute atomic E-state index is 0.142. The maximum atomic E-state index is 9.50. The topological polar surface area (TPSA) is 20.2 Å². The largest absolute Gasteiger partial charge is 0.393 e. The van der Waals surface area contributed by atoms with E-state index < -0.39 is 0 Å². The zero-order valence-corrected chi connectivity index (χ0v) is 12.5. The molecule has 0 aromatic rings. The van der Waals surface area contributed by atoms with Crippen molar-refractivity contribution < 1.29 is 9.50 Å². The fourth-order valence-electron chi connectivity index (χ4n) is 1.67. The van der Waals surface area contributed by atoms with E-state index in [1.807, 2.05) is 6.92 Å². The maximum absolute atomic E-state index is 9.50. The number of aliphatic hydroxyl groups is 1. The molecule has 3 unspecified atom stereocenters. The Bertz CT molecular complexity index is 187. The molecule has 0 radical (unpaired) electrons. The van der Waals surface area contributed by atoms with Crippen molar-refractivity contribution in [2.24, 2.45) is 11.8 Å². The molecule has 0 aliphatic carbocycles. The van der Waals surface area contributed by atoms with Crippen molar-refractivity contribution in [3.8, 4) is 0 Å². The lowest BCUT2D eigenvalue weighted by Crippen LogP contribution is -2.11. The summed E-state index contributed by atoms with van der Waals surface area (Å²) in [6, 6.07) is 0. The Hall–Kier alpha value is -0.370. The van der Waals surface area contributed by atoms with Crippen LogP contribution < -0.4 is 0 Å². The molecule has 0 saturated heterocycles. The molecule has 1 N–H and O–H groups in total. The summed E-state index contributed by atoms with van der Waals surface area (Å²) >= 11 is 0. The molecule has 17 heavy (non-hydrogen) atoms. The van der Waals surface area contributed by atoms with Crippen molar-refractivity contribution in [2.75, 3.05) is 7.18 Å². The number of halogens is 1. The van der Waals surface area contributed by atoms with Crippen molar-refractivity contribution in [3.63, 3.8) is 0 Å². The highest BCUT2D eigenvalue weighted by molar-refractivity contribution is 4.95. The second-order valence-electron chi connectivity index (χ2n) is 5.05. The van der Waals surface area contributed by atoms with Crippen LogP contribution in [0.1, 0.15) is 60.3 Å². The Kier molecular flexibility index (Phi) is 13.5. The van der Waals surface area contributed by atoms with Gasteiger partial charge in [0.2, 0.25) is 0 Å². The van der Waals surface area contributed by atoms with Gasteiger partial charge in [-0.15, -0.1) is 0 Å². The molecule has 2 heteroatoms. The summed E-state index contributed by atoms with van der Waals surface area (Å²) in [7, 11) is 0.500. The van der Waals surface area contributed by atoms with E-state index in [1.165, 1.54) is 18.4 Å². The van der Waals surface area contributed by atoms with Gasteiger partial charge in [0, 0.05) is 0 Å². The molecule has 1 nitrogen and oxygen atoms in total. The Labute approximate surface area is 107 Å². The standard InChI is InChI=1S/C14H28O.CH3F/c1-6-11(2)7-8-12(3)13(4)9-10-14(5)15;1-2/h6,12-15H,7-10H2,1-5H3;1H3/b11-6+;. The molecule has 0 heterocycles. The van der Waals surface area contributed by atoms with Crippen molar-refractivity contribution >= 4 is 0 Å². The second kappa shape index (κ2) is 12.1. The molecule has 104 valence electrons. The first-order valence-corrected chi connectivity index (χ1v) is 6.65. The average molecular weight is 246 g/mol. The summed E-state index contributed by atoms with van der Waals surface area (Å²) in [5, 5.41) is 9.23. The third kappa shape index (κ3) is 11.9. The second-order valence-corrected chi connectivity index (χ2v) is 5.05. The van der Waals surface area contributed by atoms with Crippen LogP contribution in [0.5, 0.6) is 0 Å². The quantitative estimate of drug-likeness (QED) is 0.643. The Morgan fingerprint density at radius 1 is 1.06 bits per heavy atom. The van der Waals surface area contributed by atoms with Gasteiger partial charge in [-0.3, -0.25) is 4.39 Å². The van der Waals surface area contributed by atoms with E-state index in [-0.39, 0.29) is 6.10 Å². The van der Waals surface area contributed by atoms with Crippen molar-refractivity contribution in [2.45, 2.75) is 66.4 Å². The molecule has 0 fully saturated rings. The van der Waals surface area contributed by atoms with E-state index in [2.05, 4.69) is 33.8 Å². The molecule has 0 spiro atoms. The number of alkyl halides is 1. The number of hydrogen-bond donors (Lipinski definition) is 1. The third-order valence-electron chi connectivity index (χ3n) is 3.50. The van der Waals surface area contributed by atoms with Gasteiger partial charge >= 0.3 is 0 Å². The van der Waals surface area contributed by atoms with Crippen LogP contribution in [0.15, 0.2) is 11.6 Å². The van der Waals surface area contributed by atoms with Gasteiger partial charge in [-0.2, -0.15) is 0 Å². The number of allylic oxidation sites excluding steroid dienone is 2.